The fraction of sp³-hybridized carbons (Fsp3) is 0.875. The minimum Gasteiger partial charge on any atom is -0.548 e. The molecule has 0 aromatic rings. The van der Waals surface area contributed by atoms with Crippen molar-refractivity contribution in [3.05, 3.63) is 0 Å². The molecule has 0 spiro atoms. The van der Waals surface area contributed by atoms with Crippen LogP contribution < -0.4 is 34.7 Å². The van der Waals surface area contributed by atoms with Crippen molar-refractivity contribution in [1.82, 2.24) is 0 Å². The molecule has 0 aliphatic carbocycles. The molecular formula is C8H14ClNaO2. The first-order valence-electron chi connectivity index (χ1n) is 3.97. The summed E-state index contributed by atoms with van der Waals surface area (Å²) in [6, 6.07) is 0. The molecule has 0 atom stereocenters. The third-order valence-electron chi connectivity index (χ3n) is 1.66. The molecule has 0 saturated carbocycles. The topological polar surface area (TPSA) is 40.1 Å². The Bertz CT molecular complexity index is 133. The van der Waals surface area contributed by atoms with E-state index in [0.717, 1.165) is 12.8 Å². The van der Waals surface area contributed by atoms with E-state index in [1.165, 1.54) is 0 Å². The van der Waals surface area contributed by atoms with Crippen LogP contribution >= 0.6 is 11.6 Å². The minimum absolute atomic E-state index is 0. The van der Waals surface area contributed by atoms with Crippen molar-refractivity contribution >= 4 is 17.6 Å². The zero-order valence-corrected chi connectivity index (χ0v) is 10.8. The Hall–Kier alpha value is 0.760. The average Bonchev–Trinajstić information content (AvgIpc) is 1.88. The normalized spacial score (nSPS) is 10.6. The molecular weight excluding hydrogens is 187 g/mol. The Balaban J connectivity index is 0. The van der Waals surface area contributed by atoms with Crippen molar-refractivity contribution in [2.75, 3.05) is 0 Å². The molecule has 0 aromatic carbocycles. The Morgan fingerprint density at radius 1 is 1.33 bits per heavy atom. The molecule has 0 aliphatic heterocycles. The van der Waals surface area contributed by atoms with E-state index >= 15 is 0 Å². The second-order valence-electron chi connectivity index (χ2n) is 2.75. The summed E-state index contributed by atoms with van der Waals surface area (Å²) in [5.74, 6) is -1.14. The number of alkyl halides is 1. The van der Waals surface area contributed by atoms with Gasteiger partial charge in [0.1, 0.15) is 0 Å². The predicted octanol–water partition coefficient (Wildman–Crippen LogP) is -1.68. The van der Waals surface area contributed by atoms with Crippen LogP contribution in [-0.2, 0) is 4.79 Å². The summed E-state index contributed by atoms with van der Waals surface area (Å²) in [5.41, 5.74) is 0. The van der Waals surface area contributed by atoms with Crippen LogP contribution in [0.25, 0.3) is 0 Å². The van der Waals surface area contributed by atoms with Gasteiger partial charge >= 0.3 is 29.6 Å². The van der Waals surface area contributed by atoms with Gasteiger partial charge in [-0.2, -0.15) is 0 Å². The van der Waals surface area contributed by atoms with Crippen LogP contribution in [0.5, 0.6) is 0 Å². The third-order valence-corrected chi connectivity index (χ3v) is 2.19. The molecule has 2 nitrogen and oxygen atoms in total. The average molecular weight is 201 g/mol. The standard InChI is InChI=1S/C8H15ClO2.Na/c1-3-5-8(9,6-4-2)7(10)11;/h3-6H2,1-2H3,(H,10,11);/q;+1/p-1. The molecule has 0 radical (unpaired) electrons. The summed E-state index contributed by atoms with van der Waals surface area (Å²) >= 11 is 5.81. The van der Waals surface area contributed by atoms with Crippen molar-refractivity contribution in [3.8, 4) is 0 Å². The van der Waals surface area contributed by atoms with Crippen molar-refractivity contribution in [1.29, 1.82) is 0 Å². The molecule has 12 heavy (non-hydrogen) atoms. The Labute approximate surface area is 101 Å². The van der Waals surface area contributed by atoms with Crippen molar-refractivity contribution in [3.63, 3.8) is 0 Å². The summed E-state index contributed by atoms with van der Waals surface area (Å²) < 4.78 is 0. The van der Waals surface area contributed by atoms with Gasteiger partial charge in [0.15, 0.2) is 0 Å². The molecule has 0 amide bonds. The Kier molecular flexibility index (Phi) is 9.13. The predicted molar refractivity (Wildman–Crippen MR) is 43.4 cm³/mol. The van der Waals surface area contributed by atoms with Gasteiger partial charge < -0.3 is 9.90 Å². The molecule has 0 aromatic heterocycles. The number of hydrogen-bond donors (Lipinski definition) is 0. The van der Waals surface area contributed by atoms with Crippen LogP contribution in [0, 0.1) is 0 Å². The van der Waals surface area contributed by atoms with Gasteiger partial charge in [0.05, 0.1) is 10.8 Å². The zero-order chi connectivity index (χ0) is 8.91. The van der Waals surface area contributed by atoms with Gasteiger partial charge in [-0.15, -0.1) is 11.6 Å². The fourth-order valence-corrected chi connectivity index (χ4v) is 1.50. The number of carbonyl (C=O) groups is 1. The van der Waals surface area contributed by atoms with Crippen LogP contribution in [0.2, 0.25) is 0 Å². The van der Waals surface area contributed by atoms with Gasteiger partial charge in [0.25, 0.3) is 0 Å². The molecule has 66 valence electrons. The number of carbonyl (C=O) groups excluding carboxylic acids is 1. The van der Waals surface area contributed by atoms with E-state index in [2.05, 4.69) is 0 Å². The van der Waals surface area contributed by atoms with Crippen LogP contribution in [0.3, 0.4) is 0 Å². The first-order valence-corrected chi connectivity index (χ1v) is 4.35. The molecule has 0 rings (SSSR count). The number of carboxylic acid groups (broad SMARTS) is 1. The van der Waals surface area contributed by atoms with E-state index in [1.807, 2.05) is 13.8 Å². The molecule has 0 heterocycles. The first kappa shape index (κ1) is 15.2. The molecule has 0 fully saturated rings. The maximum Gasteiger partial charge on any atom is 1.00 e. The first-order chi connectivity index (χ1) is 5.06. The van der Waals surface area contributed by atoms with Crippen molar-refractivity contribution in [2.24, 2.45) is 0 Å². The SMILES string of the molecule is CCCC(Cl)(CCC)C(=O)[O-].[Na+]. The number of carboxylic acids is 1. The van der Waals surface area contributed by atoms with Gasteiger partial charge in [-0.05, 0) is 12.8 Å². The van der Waals surface area contributed by atoms with Gasteiger partial charge in [-0.25, -0.2) is 0 Å². The van der Waals surface area contributed by atoms with Gasteiger partial charge in [-0.3, -0.25) is 0 Å². The van der Waals surface area contributed by atoms with Gasteiger partial charge in [-0.1, -0.05) is 26.7 Å². The molecule has 0 bridgehead atoms. The van der Waals surface area contributed by atoms with Crippen LogP contribution in [0.1, 0.15) is 39.5 Å². The van der Waals surface area contributed by atoms with E-state index < -0.39 is 10.8 Å². The number of aliphatic carboxylic acids is 1. The van der Waals surface area contributed by atoms with E-state index in [1.54, 1.807) is 0 Å². The molecule has 0 saturated heterocycles. The molecule has 0 N–H and O–H groups in total. The summed E-state index contributed by atoms with van der Waals surface area (Å²) in [4.78, 5) is 9.44. The molecule has 0 aliphatic rings. The van der Waals surface area contributed by atoms with E-state index in [9.17, 15) is 9.90 Å². The fourth-order valence-electron chi connectivity index (χ4n) is 1.12. The summed E-state index contributed by atoms with van der Waals surface area (Å²) in [5, 5.41) is 10.6. The zero-order valence-electron chi connectivity index (χ0n) is 8.02. The summed E-state index contributed by atoms with van der Waals surface area (Å²) in [6.45, 7) is 3.82. The van der Waals surface area contributed by atoms with Crippen LogP contribution in [-0.4, -0.2) is 10.8 Å². The summed E-state index contributed by atoms with van der Waals surface area (Å²) in [6.07, 6.45) is 2.53. The van der Waals surface area contributed by atoms with Crippen LogP contribution in [0.15, 0.2) is 0 Å². The molecule has 0 unspecified atom stereocenters. The largest absolute Gasteiger partial charge is 1.00 e. The number of hydrogen-bond acceptors (Lipinski definition) is 2. The smallest absolute Gasteiger partial charge is 0.548 e. The minimum atomic E-state index is -1.14. The van der Waals surface area contributed by atoms with Crippen molar-refractivity contribution in [2.45, 2.75) is 44.4 Å². The van der Waals surface area contributed by atoms with Gasteiger partial charge in [0.2, 0.25) is 0 Å². The van der Waals surface area contributed by atoms with Crippen LogP contribution in [0.4, 0.5) is 0 Å². The Morgan fingerprint density at radius 2 is 1.67 bits per heavy atom. The third kappa shape index (κ3) is 4.70. The van der Waals surface area contributed by atoms with E-state index in [0.29, 0.717) is 12.8 Å². The van der Waals surface area contributed by atoms with Gasteiger partial charge in [0, 0.05) is 0 Å². The molecule has 4 heteroatoms. The Morgan fingerprint density at radius 3 is 1.83 bits per heavy atom. The quantitative estimate of drug-likeness (QED) is 0.393. The summed E-state index contributed by atoms with van der Waals surface area (Å²) in [7, 11) is 0. The number of rotatable bonds is 5. The van der Waals surface area contributed by atoms with E-state index in [-0.39, 0.29) is 29.6 Å². The monoisotopic (exact) mass is 200 g/mol. The second kappa shape index (κ2) is 7.19. The van der Waals surface area contributed by atoms with E-state index in [4.69, 9.17) is 11.6 Å². The van der Waals surface area contributed by atoms with Crippen molar-refractivity contribution < 1.29 is 39.5 Å². The second-order valence-corrected chi connectivity index (χ2v) is 3.48. The maximum atomic E-state index is 10.6. The number of halogens is 1. The maximum absolute atomic E-state index is 10.6.